The van der Waals surface area contributed by atoms with E-state index in [0.717, 1.165) is 5.56 Å². The number of amides is 1. The van der Waals surface area contributed by atoms with Crippen LogP contribution < -0.4 is 10.9 Å². The average molecular weight is 289 g/mol. The summed E-state index contributed by atoms with van der Waals surface area (Å²) in [6.07, 6.45) is 0. The molecule has 2 rings (SSSR count). The van der Waals surface area contributed by atoms with Crippen molar-refractivity contribution >= 4 is 17.7 Å². The van der Waals surface area contributed by atoms with Crippen molar-refractivity contribution in [1.29, 1.82) is 0 Å². The zero-order chi connectivity index (χ0) is 14.4. The molecule has 1 aromatic heterocycles. The number of rotatable bonds is 5. The van der Waals surface area contributed by atoms with E-state index in [0.29, 0.717) is 17.4 Å². The van der Waals surface area contributed by atoms with E-state index in [1.54, 1.807) is 6.92 Å². The number of carbonyl (C=O) groups excluding carboxylic acids is 1. The van der Waals surface area contributed by atoms with Gasteiger partial charge in [0.2, 0.25) is 5.91 Å². The first-order valence-electron chi connectivity index (χ1n) is 6.15. The molecule has 0 saturated heterocycles. The number of aromatic amines is 1. The monoisotopic (exact) mass is 289 g/mol. The SMILES string of the molecule is Cc1cc(=O)[nH]c(SCC(=O)NCc2ccccc2)n1. The van der Waals surface area contributed by atoms with Gasteiger partial charge in [-0.1, -0.05) is 42.1 Å². The molecule has 0 aliphatic rings. The first-order valence-corrected chi connectivity index (χ1v) is 7.13. The molecule has 2 aromatic rings. The van der Waals surface area contributed by atoms with Crippen molar-refractivity contribution in [1.82, 2.24) is 15.3 Å². The van der Waals surface area contributed by atoms with Gasteiger partial charge < -0.3 is 10.3 Å². The maximum atomic E-state index is 11.7. The van der Waals surface area contributed by atoms with Gasteiger partial charge in [0.15, 0.2) is 5.16 Å². The lowest BCUT2D eigenvalue weighted by Gasteiger charge is -2.05. The molecule has 0 unspecified atom stereocenters. The second kappa shape index (κ2) is 6.91. The molecule has 0 atom stereocenters. The number of H-pyrrole nitrogens is 1. The van der Waals surface area contributed by atoms with Gasteiger partial charge in [0, 0.05) is 18.3 Å². The number of aryl methyl sites for hydroxylation is 1. The summed E-state index contributed by atoms with van der Waals surface area (Å²) in [6, 6.07) is 11.1. The normalized spacial score (nSPS) is 10.2. The number of hydrogen-bond acceptors (Lipinski definition) is 4. The zero-order valence-electron chi connectivity index (χ0n) is 11.1. The van der Waals surface area contributed by atoms with Gasteiger partial charge in [0.05, 0.1) is 5.75 Å². The van der Waals surface area contributed by atoms with Crippen molar-refractivity contribution in [3.8, 4) is 0 Å². The Morgan fingerprint density at radius 3 is 2.80 bits per heavy atom. The van der Waals surface area contributed by atoms with Gasteiger partial charge in [0.25, 0.3) is 5.56 Å². The Balaban J connectivity index is 1.82. The molecule has 6 heteroatoms. The first kappa shape index (κ1) is 14.3. The van der Waals surface area contributed by atoms with Crippen LogP contribution >= 0.6 is 11.8 Å². The molecular formula is C14H15N3O2S. The lowest BCUT2D eigenvalue weighted by atomic mass is 10.2. The fraction of sp³-hybridized carbons (Fsp3) is 0.214. The smallest absolute Gasteiger partial charge is 0.251 e. The summed E-state index contributed by atoms with van der Waals surface area (Å²) in [5.41, 5.74) is 1.48. The number of aromatic nitrogens is 2. The average Bonchev–Trinajstić information content (AvgIpc) is 2.43. The largest absolute Gasteiger partial charge is 0.351 e. The van der Waals surface area contributed by atoms with Crippen LogP contribution in [0.2, 0.25) is 0 Å². The number of benzene rings is 1. The van der Waals surface area contributed by atoms with Gasteiger partial charge in [-0.05, 0) is 12.5 Å². The molecule has 0 fully saturated rings. The lowest BCUT2D eigenvalue weighted by molar-refractivity contribution is -0.118. The minimum atomic E-state index is -0.204. The Labute approximate surface area is 120 Å². The van der Waals surface area contributed by atoms with Crippen LogP contribution in [0, 0.1) is 6.92 Å². The third kappa shape index (κ3) is 4.55. The Kier molecular flexibility index (Phi) is 4.95. The molecule has 2 N–H and O–H groups in total. The number of carbonyl (C=O) groups is 1. The third-order valence-corrected chi connectivity index (χ3v) is 3.39. The van der Waals surface area contributed by atoms with Crippen molar-refractivity contribution in [2.24, 2.45) is 0 Å². The highest BCUT2D eigenvalue weighted by Gasteiger charge is 2.05. The lowest BCUT2D eigenvalue weighted by Crippen LogP contribution is -2.24. The van der Waals surface area contributed by atoms with E-state index in [1.165, 1.54) is 17.8 Å². The zero-order valence-corrected chi connectivity index (χ0v) is 11.9. The highest BCUT2D eigenvalue weighted by atomic mass is 32.2. The molecule has 0 spiro atoms. The summed E-state index contributed by atoms with van der Waals surface area (Å²) in [5.74, 6) is 0.127. The molecule has 0 aliphatic heterocycles. The predicted octanol–water partition coefficient (Wildman–Crippen LogP) is 1.49. The molecule has 0 bridgehead atoms. The molecule has 20 heavy (non-hydrogen) atoms. The number of nitrogens with one attached hydrogen (secondary N) is 2. The van der Waals surface area contributed by atoms with Crippen molar-refractivity contribution in [3.05, 3.63) is 58.0 Å². The Bertz CT molecular complexity index is 640. The van der Waals surface area contributed by atoms with Crippen LogP contribution in [0.25, 0.3) is 0 Å². The fourth-order valence-corrected chi connectivity index (χ4v) is 2.35. The van der Waals surface area contributed by atoms with Crippen LogP contribution in [0.1, 0.15) is 11.3 Å². The summed E-state index contributed by atoms with van der Waals surface area (Å²) < 4.78 is 0. The quantitative estimate of drug-likeness (QED) is 0.646. The second-order valence-corrected chi connectivity index (χ2v) is 5.21. The van der Waals surface area contributed by atoms with E-state index in [9.17, 15) is 9.59 Å². The molecule has 5 nitrogen and oxygen atoms in total. The summed E-state index contributed by atoms with van der Waals surface area (Å²) in [4.78, 5) is 29.7. The topological polar surface area (TPSA) is 74.8 Å². The van der Waals surface area contributed by atoms with Crippen LogP contribution in [0.15, 0.2) is 46.3 Å². The summed E-state index contributed by atoms with van der Waals surface area (Å²) in [5, 5.41) is 3.28. The highest BCUT2D eigenvalue weighted by Crippen LogP contribution is 2.10. The Morgan fingerprint density at radius 1 is 1.35 bits per heavy atom. The van der Waals surface area contributed by atoms with E-state index >= 15 is 0 Å². The van der Waals surface area contributed by atoms with E-state index in [4.69, 9.17) is 0 Å². The Morgan fingerprint density at radius 2 is 2.10 bits per heavy atom. The van der Waals surface area contributed by atoms with E-state index < -0.39 is 0 Å². The number of hydrogen-bond donors (Lipinski definition) is 2. The van der Waals surface area contributed by atoms with Crippen LogP contribution in [0.3, 0.4) is 0 Å². The number of thioether (sulfide) groups is 1. The van der Waals surface area contributed by atoms with E-state index in [2.05, 4.69) is 15.3 Å². The minimum Gasteiger partial charge on any atom is -0.351 e. The van der Waals surface area contributed by atoms with Crippen LogP contribution in [-0.4, -0.2) is 21.6 Å². The van der Waals surface area contributed by atoms with E-state index in [1.807, 2.05) is 30.3 Å². The molecule has 0 radical (unpaired) electrons. The van der Waals surface area contributed by atoms with Crippen molar-refractivity contribution in [2.75, 3.05) is 5.75 Å². The van der Waals surface area contributed by atoms with Crippen LogP contribution in [0.5, 0.6) is 0 Å². The van der Waals surface area contributed by atoms with Gasteiger partial charge in [-0.3, -0.25) is 9.59 Å². The summed E-state index contributed by atoms with van der Waals surface area (Å²) >= 11 is 1.21. The minimum absolute atomic E-state index is 0.0944. The molecule has 0 aliphatic carbocycles. The summed E-state index contributed by atoms with van der Waals surface area (Å²) in [7, 11) is 0. The Hall–Kier alpha value is -2.08. The van der Waals surface area contributed by atoms with Gasteiger partial charge in [-0.15, -0.1) is 0 Å². The second-order valence-electron chi connectivity index (χ2n) is 4.24. The maximum absolute atomic E-state index is 11.7. The van der Waals surface area contributed by atoms with Gasteiger partial charge in [-0.2, -0.15) is 0 Å². The third-order valence-electron chi connectivity index (χ3n) is 2.52. The standard InChI is InChI=1S/C14H15N3O2S/c1-10-7-12(18)17-14(16-10)20-9-13(19)15-8-11-5-3-2-4-6-11/h2-7H,8-9H2,1H3,(H,15,19)(H,16,17,18). The van der Waals surface area contributed by atoms with Crippen LogP contribution in [0.4, 0.5) is 0 Å². The molecule has 104 valence electrons. The summed E-state index contributed by atoms with van der Waals surface area (Å²) in [6.45, 7) is 2.24. The molecule has 1 aromatic carbocycles. The van der Waals surface area contributed by atoms with Gasteiger partial charge >= 0.3 is 0 Å². The predicted molar refractivity (Wildman–Crippen MR) is 78.6 cm³/mol. The highest BCUT2D eigenvalue weighted by molar-refractivity contribution is 7.99. The van der Waals surface area contributed by atoms with Gasteiger partial charge in [-0.25, -0.2) is 4.98 Å². The van der Waals surface area contributed by atoms with Crippen LogP contribution in [-0.2, 0) is 11.3 Å². The van der Waals surface area contributed by atoms with Gasteiger partial charge in [0.1, 0.15) is 0 Å². The molecular weight excluding hydrogens is 274 g/mol. The molecule has 0 saturated carbocycles. The van der Waals surface area contributed by atoms with Crippen molar-refractivity contribution in [3.63, 3.8) is 0 Å². The number of nitrogens with zero attached hydrogens (tertiary/aromatic N) is 1. The molecule has 1 amide bonds. The van der Waals surface area contributed by atoms with Crippen molar-refractivity contribution in [2.45, 2.75) is 18.6 Å². The maximum Gasteiger partial charge on any atom is 0.251 e. The van der Waals surface area contributed by atoms with Crippen molar-refractivity contribution < 1.29 is 4.79 Å². The fourth-order valence-electron chi connectivity index (χ4n) is 1.60. The first-order chi connectivity index (χ1) is 9.63. The van der Waals surface area contributed by atoms with E-state index in [-0.39, 0.29) is 17.2 Å². The molecule has 1 heterocycles.